The molecule has 7 heteroatoms. The second-order valence-corrected chi connectivity index (χ2v) is 8.67. The molecule has 4 aromatic carbocycles. The summed E-state index contributed by atoms with van der Waals surface area (Å²) in [6.45, 7) is 0.723. The van der Waals surface area contributed by atoms with Crippen LogP contribution in [0.15, 0.2) is 91.0 Å². The highest BCUT2D eigenvalue weighted by molar-refractivity contribution is 6.07. The van der Waals surface area contributed by atoms with E-state index in [4.69, 9.17) is 28.4 Å². The molecule has 0 atom stereocenters. The minimum absolute atomic E-state index is 0.236. The third-order valence-electron chi connectivity index (χ3n) is 6.15. The average Bonchev–Trinajstić information content (AvgIpc) is 3.01. The Morgan fingerprint density at radius 1 is 0.600 bits per heavy atom. The molecule has 0 aliphatic heterocycles. The van der Waals surface area contributed by atoms with Gasteiger partial charge in [0.15, 0.2) is 28.8 Å². The Bertz CT molecular complexity index is 1450. The molecule has 0 bridgehead atoms. The van der Waals surface area contributed by atoms with Crippen LogP contribution in [0.2, 0.25) is 0 Å². The van der Waals surface area contributed by atoms with Crippen molar-refractivity contribution in [1.82, 2.24) is 0 Å². The van der Waals surface area contributed by atoms with E-state index < -0.39 is 0 Å². The first-order valence-electron chi connectivity index (χ1n) is 12.6. The number of hydrogen-bond donors (Lipinski definition) is 0. The predicted molar refractivity (Wildman–Crippen MR) is 154 cm³/mol. The van der Waals surface area contributed by atoms with Gasteiger partial charge in [-0.1, -0.05) is 60.7 Å². The summed E-state index contributed by atoms with van der Waals surface area (Å²) in [5.41, 5.74) is 3.01. The van der Waals surface area contributed by atoms with E-state index >= 15 is 0 Å². The topological polar surface area (TPSA) is 72.5 Å². The molecule has 40 heavy (non-hydrogen) atoms. The van der Waals surface area contributed by atoms with Crippen molar-refractivity contribution in [3.63, 3.8) is 0 Å². The van der Waals surface area contributed by atoms with Gasteiger partial charge in [-0.05, 0) is 41.5 Å². The van der Waals surface area contributed by atoms with E-state index in [0.29, 0.717) is 58.8 Å². The SMILES string of the molecule is COc1cc(C(=O)/C=C/c2c(OC)cc(OCc3ccccc3)c(OC)c2OC)ccc1OCc1ccccc1. The number of ketones is 1. The van der Waals surface area contributed by atoms with Crippen molar-refractivity contribution in [3.8, 4) is 34.5 Å². The highest BCUT2D eigenvalue weighted by Gasteiger charge is 2.21. The summed E-state index contributed by atoms with van der Waals surface area (Å²) in [6.07, 6.45) is 3.08. The molecule has 0 aromatic heterocycles. The molecule has 0 saturated heterocycles. The lowest BCUT2D eigenvalue weighted by Gasteiger charge is -2.18. The number of carbonyl (C=O) groups excluding carboxylic acids is 1. The molecule has 0 unspecified atom stereocenters. The minimum Gasteiger partial charge on any atom is -0.496 e. The molecule has 0 saturated carbocycles. The smallest absolute Gasteiger partial charge is 0.204 e. The standard InChI is InChI=1S/C33H32O7/c1-35-29-20-31(40-22-24-13-9-6-10-14-24)33(38-4)32(37-3)26(29)16-17-27(34)25-15-18-28(30(19-25)36-2)39-21-23-11-7-5-8-12-23/h5-20H,21-22H2,1-4H3/b17-16+. The summed E-state index contributed by atoms with van der Waals surface area (Å²) in [4.78, 5) is 13.1. The van der Waals surface area contributed by atoms with E-state index in [2.05, 4.69) is 0 Å². The Balaban J connectivity index is 1.56. The number of carbonyl (C=O) groups is 1. The number of hydrogen-bond acceptors (Lipinski definition) is 7. The van der Waals surface area contributed by atoms with Gasteiger partial charge in [-0.2, -0.15) is 0 Å². The Kier molecular flexibility index (Phi) is 9.67. The van der Waals surface area contributed by atoms with Crippen LogP contribution in [0.3, 0.4) is 0 Å². The van der Waals surface area contributed by atoms with Crippen LogP contribution in [-0.2, 0) is 13.2 Å². The Labute approximate surface area is 234 Å². The van der Waals surface area contributed by atoms with E-state index in [9.17, 15) is 4.79 Å². The molecule has 0 N–H and O–H groups in total. The predicted octanol–water partition coefficient (Wildman–Crippen LogP) is 6.78. The first kappa shape index (κ1) is 28.1. The molecule has 0 heterocycles. The van der Waals surface area contributed by atoms with Crippen LogP contribution in [0.1, 0.15) is 27.0 Å². The monoisotopic (exact) mass is 540 g/mol. The number of rotatable bonds is 13. The van der Waals surface area contributed by atoms with E-state index in [1.165, 1.54) is 27.4 Å². The first-order chi connectivity index (χ1) is 19.6. The third-order valence-corrected chi connectivity index (χ3v) is 6.15. The second kappa shape index (κ2) is 13.8. The van der Waals surface area contributed by atoms with Crippen LogP contribution in [0.5, 0.6) is 34.5 Å². The lowest BCUT2D eigenvalue weighted by Crippen LogP contribution is -2.03. The van der Waals surface area contributed by atoms with Crippen molar-refractivity contribution in [2.45, 2.75) is 13.2 Å². The summed E-state index contributed by atoms with van der Waals surface area (Å²) in [5, 5.41) is 0. The van der Waals surface area contributed by atoms with Gasteiger partial charge in [0.05, 0.1) is 34.0 Å². The maximum Gasteiger partial charge on any atom is 0.204 e. The molecule has 4 aromatic rings. The van der Waals surface area contributed by atoms with Gasteiger partial charge in [-0.3, -0.25) is 4.79 Å². The minimum atomic E-state index is -0.236. The van der Waals surface area contributed by atoms with Crippen LogP contribution in [-0.4, -0.2) is 34.2 Å². The Morgan fingerprint density at radius 3 is 1.73 bits per heavy atom. The number of methoxy groups -OCH3 is 4. The number of allylic oxidation sites excluding steroid dienone is 1. The van der Waals surface area contributed by atoms with Gasteiger partial charge in [0.2, 0.25) is 5.75 Å². The van der Waals surface area contributed by atoms with Crippen molar-refractivity contribution in [2.75, 3.05) is 28.4 Å². The van der Waals surface area contributed by atoms with Gasteiger partial charge in [0, 0.05) is 11.6 Å². The van der Waals surface area contributed by atoms with Crippen LogP contribution >= 0.6 is 0 Å². The molecule has 0 spiro atoms. The highest BCUT2D eigenvalue weighted by atomic mass is 16.5. The summed E-state index contributed by atoms with van der Waals surface area (Å²) in [6, 6.07) is 26.4. The zero-order valence-corrected chi connectivity index (χ0v) is 23.0. The zero-order chi connectivity index (χ0) is 28.3. The Hall–Kier alpha value is -4.91. The molecule has 0 aliphatic carbocycles. The van der Waals surface area contributed by atoms with E-state index in [0.717, 1.165) is 11.1 Å². The van der Waals surface area contributed by atoms with E-state index in [-0.39, 0.29) is 5.78 Å². The molecule has 206 valence electrons. The van der Waals surface area contributed by atoms with Crippen molar-refractivity contribution >= 4 is 11.9 Å². The van der Waals surface area contributed by atoms with Gasteiger partial charge >= 0.3 is 0 Å². The van der Waals surface area contributed by atoms with Gasteiger partial charge in [0.25, 0.3) is 0 Å². The molecule has 4 rings (SSSR count). The van der Waals surface area contributed by atoms with Crippen molar-refractivity contribution in [3.05, 3.63) is 113 Å². The lowest BCUT2D eigenvalue weighted by molar-refractivity contribution is 0.104. The quantitative estimate of drug-likeness (QED) is 0.137. The third kappa shape index (κ3) is 6.74. The van der Waals surface area contributed by atoms with Crippen molar-refractivity contribution in [1.29, 1.82) is 0 Å². The fourth-order valence-corrected chi connectivity index (χ4v) is 4.10. The van der Waals surface area contributed by atoms with Crippen LogP contribution in [0, 0.1) is 0 Å². The summed E-state index contributed by atoms with van der Waals surface area (Å²) < 4.78 is 34.4. The zero-order valence-electron chi connectivity index (χ0n) is 23.0. The largest absolute Gasteiger partial charge is 0.496 e. The van der Waals surface area contributed by atoms with Crippen LogP contribution in [0.4, 0.5) is 0 Å². The normalized spacial score (nSPS) is 10.7. The molecular weight excluding hydrogens is 508 g/mol. The first-order valence-corrected chi connectivity index (χ1v) is 12.6. The average molecular weight is 541 g/mol. The van der Waals surface area contributed by atoms with Crippen LogP contribution in [0.25, 0.3) is 6.08 Å². The summed E-state index contributed by atoms with van der Waals surface area (Å²) in [5.74, 6) is 2.48. The van der Waals surface area contributed by atoms with Crippen LogP contribution < -0.4 is 28.4 Å². The highest BCUT2D eigenvalue weighted by Crippen LogP contribution is 2.46. The van der Waals surface area contributed by atoms with Crippen molar-refractivity contribution in [2.24, 2.45) is 0 Å². The maximum absolute atomic E-state index is 13.1. The molecule has 0 aliphatic rings. The van der Waals surface area contributed by atoms with Crippen molar-refractivity contribution < 1.29 is 33.2 Å². The van der Waals surface area contributed by atoms with Gasteiger partial charge < -0.3 is 28.4 Å². The molecular formula is C33H32O7. The lowest BCUT2D eigenvalue weighted by atomic mass is 10.1. The maximum atomic E-state index is 13.1. The van der Waals surface area contributed by atoms with Gasteiger partial charge in [-0.25, -0.2) is 0 Å². The molecule has 0 amide bonds. The molecule has 0 fully saturated rings. The van der Waals surface area contributed by atoms with E-state index in [1.807, 2.05) is 60.7 Å². The summed E-state index contributed by atoms with van der Waals surface area (Å²) >= 11 is 0. The number of benzene rings is 4. The molecule has 7 nitrogen and oxygen atoms in total. The fraction of sp³-hybridized carbons (Fsp3) is 0.182. The van der Waals surface area contributed by atoms with Gasteiger partial charge in [0.1, 0.15) is 19.0 Å². The molecule has 0 radical (unpaired) electrons. The Morgan fingerprint density at radius 2 is 1.18 bits per heavy atom. The second-order valence-electron chi connectivity index (χ2n) is 8.67. The van der Waals surface area contributed by atoms with E-state index in [1.54, 1.807) is 37.5 Å². The number of ether oxygens (including phenoxy) is 6. The fourth-order valence-electron chi connectivity index (χ4n) is 4.10. The van der Waals surface area contributed by atoms with Gasteiger partial charge in [-0.15, -0.1) is 0 Å². The summed E-state index contributed by atoms with van der Waals surface area (Å²) in [7, 11) is 6.14.